The van der Waals surface area contributed by atoms with Gasteiger partial charge in [-0.3, -0.25) is 20.2 Å². The highest BCUT2D eigenvalue weighted by atomic mass is 35.5. The molecule has 1 fully saturated rings. The van der Waals surface area contributed by atoms with Gasteiger partial charge in [-0.05, 0) is 86.3 Å². The van der Waals surface area contributed by atoms with E-state index in [1.807, 2.05) is 17.0 Å². The van der Waals surface area contributed by atoms with Crippen molar-refractivity contribution in [1.82, 2.24) is 20.3 Å². The minimum absolute atomic E-state index is 0.00549. The van der Waals surface area contributed by atoms with Crippen LogP contribution in [0, 0.1) is 10.1 Å². The monoisotopic (exact) mass is 591 g/mol. The second kappa shape index (κ2) is 12.6. The van der Waals surface area contributed by atoms with Crippen LogP contribution in [0.4, 0.5) is 17.1 Å². The number of carbonyl (C=O) groups is 1. The number of rotatable bonds is 8. The summed E-state index contributed by atoms with van der Waals surface area (Å²) in [6, 6.07) is 16.0. The number of fused-ring (bicyclic) bond motifs is 1. The fourth-order valence-corrected chi connectivity index (χ4v) is 5.28. The third kappa shape index (κ3) is 6.63. The van der Waals surface area contributed by atoms with Crippen molar-refractivity contribution in [3.05, 3.63) is 80.9 Å². The highest BCUT2D eigenvalue weighted by molar-refractivity contribution is 7.80. The zero-order valence-electron chi connectivity index (χ0n) is 22.6. The smallest absolute Gasteiger partial charge is 0.293 e. The Morgan fingerprint density at radius 1 is 1.05 bits per heavy atom. The maximum absolute atomic E-state index is 12.9. The summed E-state index contributed by atoms with van der Waals surface area (Å²) in [4.78, 5) is 27.8. The number of anilines is 2. The number of amides is 1. The fourth-order valence-electron chi connectivity index (χ4n) is 4.87. The molecule has 4 aromatic rings. The van der Waals surface area contributed by atoms with Crippen LogP contribution in [-0.4, -0.2) is 44.0 Å². The minimum atomic E-state index is -0.568. The van der Waals surface area contributed by atoms with Crippen molar-refractivity contribution < 1.29 is 9.72 Å². The topological polar surface area (TPSA) is 118 Å². The number of hydrogen-bond acceptors (Lipinski definition) is 7. The normalized spacial score (nSPS) is 13.3. The molecule has 12 heteroatoms. The Morgan fingerprint density at radius 3 is 2.44 bits per heavy atom. The van der Waals surface area contributed by atoms with Gasteiger partial charge in [0.25, 0.3) is 11.6 Å². The molecule has 3 aromatic carbocycles. The van der Waals surface area contributed by atoms with Crippen molar-refractivity contribution in [2.75, 3.05) is 23.3 Å². The second-order valence-electron chi connectivity index (χ2n) is 10.00. The average molecular weight is 592 g/mol. The first-order valence-corrected chi connectivity index (χ1v) is 14.4. The second-order valence-corrected chi connectivity index (χ2v) is 10.8. The lowest BCUT2D eigenvalue weighted by atomic mass is 10.1. The average Bonchev–Trinajstić information content (AvgIpc) is 3.39. The summed E-state index contributed by atoms with van der Waals surface area (Å²) in [5.41, 5.74) is 4.28. The number of aromatic nitrogens is 3. The van der Waals surface area contributed by atoms with Crippen LogP contribution in [0.15, 0.2) is 54.6 Å². The Labute approximate surface area is 247 Å². The predicted molar refractivity (Wildman–Crippen MR) is 165 cm³/mol. The molecule has 1 saturated heterocycles. The number of nitrogens with zero attached hydrogens (tertiary/aromatic N) is 5. The van der Waals surface area contributed by atoms with E-state index in [-0.39, 0.29) is 16.4 Å². The molecule has 1 aliphatic rings. The van der Waals surface area contributed by atoms with Gasteiger partial charge in [0.15, 0.2) is 5.11 Å². The SMILES string of the molecule is CCCCc1ccc(-n2nc3cc(Cl)c(NC(=S)NC(=O)c4ccc(N5CCCCC5)c([N+](=O)[O-])c4)cc3n2)cc1. The lowest BCUT2D eigenvalue weighted by molar-refractivity contribution is -0.384. The summed E-state index contributed by atoms with van der Waals surface area (Å²) >= 11 is 11.8. The number of benzene rings is 3. The maximum Gasteiger partial charge on any atom is 0.293 e. The van der Waals surface area contributed by atoms with E-state index in [4.69, 9.17) is 23.8 Å². The molecule has 0 bridgehead atoms. The molecule has 0 spiro atoms. The third-order valence-electron chi connectivity index (χ3n) is 7.06. The molecule has 212 valence electrons. The minimum Gasteiger partial charge on any atom is -0.366 e. The summed E-state index contributed by atoms with van der Waals surface area (Å²) < 4.78 is 0. The number of nitro groups is 1. The molecule has 0 atom stereocenters. The van der Waals surface area contributed by atoms with Crippen LogP contribution in [0.2, 0.25) is 5.02 Å². The number of aryl methyl sites for hydroxylation is 1. The van der Waals surface area contributed by atoms with Crippen LogP contribution in [0.1, 0.15) is 54.9 Å². The summed E-state index contributed by atoms with van der Waals surface area (Å²) in [6.45, 7) is 3.68. The Kier molecular flexibility index (Phi) is 8.75. The molecule has 0 aliphatic carbocycles. The number of unbranched alkanes of at least 4 members (excludes halogenated alkanes) is 1. The van der Waals surface area contributed by atoms with Crippen molar-refractivity contribution in [1.29, 1.82) is 0 Å². The van der Waals surface area contributed by atoms with Crippen LogP contribution in [0.25, 0.3) is 16.7 Å². The molecule has 0 saturated carbocycles. The summed E-state index contributed by atoms with van der Waals surface area (Å²) in [6.07, 6.45) is 6.40. The highest BCUT2D eigenvalue weighted by Crippen LogP contribution is 2.31. The molecule has 41 heavy (non-hydrogen) atoms. The lowest BCUT2D eigenvalue weighted by Gasteiger charge is -2.28. The van der Waals surface area contributed by atoms with E-state index < -0.39 is 10.8 Å². The van der Waals surface area contributed by atoms with Gasteiger partial charge in [-0.25, -0.2) is 0 Å². The van der Waals surface area contributed by atoms with Crippen LogP contribution in [0.3, 0.4) is 0 Å². The van der Waals surface area contributed by atoms with E-state index in [1.54, 1.807) is 29.1 Å². The van der Waals surface area contributed by atoms with Gasteiger partial charge in [0.05, 0.1) is 21.3 Å². The Balaban J connectivity index is 1.28. The molecule has 10 nitrogen and oxygen atoms in total. The lowest BCUT2D eigenvalue weighted by Crippen LogP contribution is -2.34. The summed E-state index contributed by atoms with van der Waals surface area (Å²) in [7, 11) is 0. The molecule has 5 rings (SSSR count). The molecular formula is C29H30ClN7O3S. The first-order chi connectivity index (χ1) is 19.8. The molecule has 1 aromatic heterocycles. The van der Waals surface area contributed by atoms with Crippen molar-refractivity contribution in [3.8, 4) is 5.69 Å². The molecule has 2 heterocycles. The fraction of sp³-hybridized carbons (Fsp3) is 0.310. The van der Waals surface area contributed by atoms with E-state index in [0.717, 1.165) is 57.3 Å². The zero-order valence-corrected chi connectivity index (χ0v) is 24.2. The standard InChI is InChI=1S/C29H30ClN7O3S/c1-2-3-7-19-8-11-21(12-9-19)36-33-24-17-22(30)23(18-25(24)34-36)31-29(41)32-28(38)20-10-13-26(27(16-20)37(39)40)35-14-5-4-6-15-35/h8-13,16-18H,2-7,14-15H2,1H3,(H2,31,32,38,41). The Morgan fingerprint density at radius 2 is 1.76 bits per heavy atom. The van der Waals surface area contributed by atoms with Gasteiger partial charge >= 0.3 is 0 Å². The number of carbonyl (C=O) groups excluding carboxylic acids is 1. The third-order valence-corrected chi connectivity index (χ3v) is 7.58. The van der Waals surface area contributed by atoms with Crippen LogP contribution in [0.5, 0.6) is 0 Å². The molecular weight excluding hydrogens is 562 g/mol. The van der Waals surface area contributed by atoms with Crippen molar-refractivity contribution in [2.45, 2.75) is 45.4 Å². The summed E-state index contributed by atoms with van der Waals surface area (Å²) in [5, 5.41) is 26.7. The molecule has 1 aliphatic heterocycles. The highest BCUT2D eigenvalue weighted by Gasteiger charge is 2.23. The van der Waals surface area contributed by atoms with Gasteiger partial charge in [0.1, 0.15) is 16.7 Å². The van der Waals surface area contributed by atoms with Crippen molar-refractivity contribution >= 4 is 62.9 Å². The van der Waals surface area contributed by atoms with Gasteiger partial charge in [0.2, 0.25) is 0 Å². The predicted octanol–water partition coefficient (Wildman–Crippen LogP) is 6.44. The number of nitrogens with one attached hydrogen (secondary N) is 2. The van der Waals surface area contributed by atoms with E-state index >= 15 is 0 Å². The molecule has 0 unspecified atom stereocenters. The van der Waals surface area contributed by atoms with Crippen LogP contribution < -0.4 is 15.5 Å². The van der Waals surface area contributed by atoms with Gasteiger partial charge < -0.3 is 10.2 Å². The number of thiocarbonyl (C=S) groups is 1. The molecule has 2 N–H and O–H groups in total. The molecule has 0 radical (unpaired) electrons. The first kappa shape index (κ1) is 28.4. The van der Waals surface area contributed by atoms with Gasteiger partial charge in [0, 0.05) is 24.7 Å². The largest absolute Gasteiger partial charge is 0.366 e. The number of halogens is 1. The van der Waals surface area contributed by atoms with Crippen molar-refractivity contribution in [2.24, 2.45) is 0 Å². The first-order valence-electron chi connectivity index (χ1n) is 13.6. The Bertz CT molecular complexity index is 1600. The van der Waals surface area contributed by atoms with Gasteiger partial charge in [-0.1, -0.05) is 37.1 Å². The molecule has 1 amide bonds. The van der Waals surface area contributed by atoms with Crippen molar-refractivity contribution in [3.63, 3.8) is 0 Å². The van der Waals surface area contributed by atoms with Gasteiger partial charge in [-0.15, -0.1) is 10.2 Å². The van der Waals surface area contributed by atoms with E-state index in [1.165, 1.54) is 11.6 Å². The number of hydrogen-bond donors (Lipinski definition) is 2. The van der Waals surface area contributed by atoms with Crippen LogP contribution >= 0.6 is 23.8 Å². The van der Waals surface area contributed by atoms with Gasteiger partial charge in [-0.2, -0.15) is 4.80 Å². The van der Waals surface area contributed by atoms with E-state index in [2.05, 4.69) is 39.9 Å². The quantitative estimate of drug-likeness (QED) is 0.136. The van der Waals surface area contributed by atoms with E-state index in [0.29, 0.717) is 27.4 Å². The zero-order chi connectivity index (χ0) is 28.9. The number of nitro benzene ring substituents is 1. The van der Waals surface area contributed by atoms with Crippen LogP contribution in [-0.2, 0) is 6.42 Å². The number of piperidine rings is 1. The summed E-state index contributed by atoms with van der Waals surface area (Å²) in [5.74, 6) is -0.568. The Hall–Kier alpha value is -4.09. The van der Waals surface area contributed by atoms with E-state index in [9.17, 15) is 14.9 Å². The maximum atomic E-state index is 12.9.